The monoisotopic (exact) mass is 208 g/mol. The van der Waals surface area contributed by atoms with Gasteiger partial charge in [0.05, 0.1) is 0 Å². The molecule has 1 aliphatic heterocycles. The van der Waals surface area contributed by atoms with Crippen molar-refractivity contribution in [2.75, 3.05) is 6.54 Å². The van der Waals surface area contributed by atoms with E-state index < -0.39 is 0 Å². The predicted octanol–water partition coefficient (Wildman–Crippen LogP) is 0.573. The average Bonchev–Trinajstić information content (AvgIpc) is 2.84. The molecule has 2 amide bonds. The number of hydrogen-bond acceptors (Lipinski definition) is 3. The number of nitrogens with zero attached hydrogens (tertiary/aromatic N) is 1. The molecule has 0 aromatic heterocycles. The zero-order valence-electron chi connectivity index (χ0n) is 8.74. The average molecular weight is 208 g/mol. The maximum atomic E-state index is 11.2. The Kier molecular flexibility index (Phi) is 2.61. The van der Waals surface area contributed by atoms with Gasteiger partial charge in [0.2, 0.25) is 0 Å². The van der Waals surface area contributed by atoms with Gasteiger partial charge in [-0.2, -0.15) is 0 Å². The van der Waals surface area contributed by atoms with Crippen LogP contribution in [-0.2, 0) is 9.59 Å². The maximum Gasteiger partial charge on any atom is 0.253 e. The summed E-state index contributed by atoms with van der Waals surface area (Å²) in [4.78, 5) is 23.7. The summed E-state index contributed by atoms with van der Waals surface area (Å²) in [6.45, 7) is 0.529. The fourth-order valence-corrected chi connectivity index (χ4v) is 1.81. The van der Waals surface area contributed by atoms with E-state index in [1.807, 2.05) is 0 Å². The number of nitrogens with two attached hydrogens (primary N) is 1. The third-order valence-electron chi connectivity index (χ3n) is 3.10. The second kappa shape index (κ2) is 3.77. The lowest BCUT2D eigenvalue weighted by atomic mass is 10.1. The lowest BCUT2D eigenvalue weighted by Crippen LogP contribution is -2.31. The smallest absolute Gasteiger partial charge is 0.253 e. The number of rotatable bonds is 5. The van der Waals surface area contributed by atoms with E-state index in [-0.39, 0.29) is 17.4 Å². The standard InChI is InChI=1S/C11H16N2O2/c12-11(6-7-11)5-1-2-8-13-9(14)3-4-10(13)15/h3-4H,1-2,5-8,12H2. The molecule has 1 heterocycles. The number of carbonyl (C=O) groups excluding carboxylic acids is 2. The van der Waals surface area contributed by atoms with Crippen LogP contribution in [-0.4, -0.2) is 28.8 Å². The normalized spacial score (nSPS) is 22.6. The fourth-order valence-electron chi connectivity index (χ4n) is 1.81. The summed E-state index contributed by atoms with van der Waals surface area (Å²) in [5.41, 5.74) is 6.02. The van der Waals surface area contributed by atoms with Crippen LogP contribution in [0.25, 0.3) is 0 Å². The highest BCUT2D eigenvalue weighted by atomic mass is 16.2. The van der Waals surface area contributed by atoms with Crippen molar-refractivity contribution >= 4 is 11.8 Å². The largest absolute Gasteiger partial charge is 0.325 e. The number of hydrogen-bond donors (Lipinski definition) is 1. The summed E-state index contributed by atoms with van der Waals surface area (Å²) in [6.07, 6.45) is 7.76. The van der Waals surface area contributed by atoms with Crippen molar-refractivity contribution in [2.45, 2.75) is 37.6 Å². The first-order chi connectivity index (χ1) is 7.11. The van der Waals surface area contributed by atoms with Crippen LogP contribution >= 0.6 is 0 Å². The molecule has 0 atom stereocenters. The third-order valence-corrected chi connectivity index (χ3v) is 3.10. The van der Waals surface area contributed by atoms with Crippen molar-refractivity contribution in [3.05, 3.63) is 12.2 Å². The van der Waals surface area contributed by atoms with E-state index in [2.05, 4.69) is 0 Å². The van der Waals surface area contributed by atoms with E-state index >= 15 is 0 Å². The van der Waals surface area contributed by atoms with Gasteiger partial charge in [0.25, 0.3) is 11.8 Å². The van der Waals surface area contributed by atoms with Crippen molar-refractivity contribution in [2.24, 2.45) is 5.73 Å². The summed E-state index contributed by atoms with van der Waals surface area (Å²) in [7, 11) is 0. The zero-order chi connectivity index (χ0) is 10.9. The molecule has 82 valence electrons. The minimum Gasteiger partial charge on any atom is -0.325 e. The Labute approximate surface area is 89.1 Å². The Hall–Kier alpha value is -1.16. The molecule has 2 aliphatic rings. The van der Waals surface area contributed by atoms with Crippen LogP contribution in [0.3, 0.4) is 0 Å². The SMILES string of the molecule is NC1(CCCCN2C(=O)C=CC2=O)CC1. The molecule has 4 heteroatoms. The zero-order valence-corrected chi connectivity index (χ0v) is 8.74. The first kappa shape index (κ1) is 10.4. The molecular weight excluding hydrogens is 192 g/mol. The highest BCUT2D eigenvalue weighted by Gasteiger charge is 2.37. The van der Waals surface area contributed by atoms with Crippen LogP contribution in [0, 0.1) is 0 Å². The van der Waals surface area contributed by atoms with Gasteiger partial charge in [-0.25, -0.2) is 0 Å². The highest BCUT2D eigenvalue weighted by molar-refractivity contribution is 6.12. The number of unbranched alkanes of at least 4 members (excludes halogenated alkanes) is 1. The molecule has 0 unspecified atom stereocenters. The van der Waals surface area contributed by atoms with Crippen molar-refractivity contribution < 1.29 is 9.59 Å². The van der Waals surface area contributed by atoms with E-state index in [4.69, 9.17) is 5.73 Å². The van der Waals surface area contributed by atoms with Crippen molar-refractivity contribution in [3.8, 4) is 0 Å². The molecule has 2 N–H and O–H groups in total. The third kappa shape index (κ3) is 2.45. The van der Waals surface area contributed by atoms with Gasteiger partial charge in [-0.15, -0.1) is 0 Å². The molecule has 1 aliphatic carbocycles. The molecule has 0 bridgehead atoms. The molecular formula is C11H16N2O2. The van der Waals surface area contributed by atoms with Gasteiger partial charge in [-0.05, 0) is 32.1 Å². The van der Waals surface area contributed by atoms with Crippen LogP contribution in [0.2, 0.25) is 0 Å². The minimum absolute atomic E-state index is 0.0806. The van der Waals surface area contributed by atoms with Crippen LogP contribution < -0.4 is 5.73 Å². The summed E-state index contributed by atoms with van der Waals surface area (Å²) in [5.74, 6) is -0.372. The maximum absolute atomic E-state index is 11.2. The van der Waals surface area contributed by atoms with Crippen LogP contribution in [0.15, 0.2) is 12.2 Å². The van der Waals surface area contributed by atoms with Gasteiger partial charge >= 0.3 is 0 Å². The number of amides is 2. The molecule has 4 nitrogen and oxygen atoms in total. The van der Waals surface area contributed by atoms with Gasteiger partial charge in [0, 0.05) is 24.2 Å². The predicted molar refractivity (Wildman–Crippen MR) is 55.9 cm³/mol. The Morgan fingerprint density at radius 2 is 1.80 bits per heavy atom. The summed E-state index contributed by atoms with van der Waals surface area (Å²) in [5, 5.41) is 0. The minimum atomic E-state index is -0.186. The van der Waals surface area contributed by atoms with Gasteiger partial charge in [-0.1, -0.05) is 0 Å². The molecule has 0 spiro atoms. The summed E-state index contributed by atoms with van der Waals surface area (Å²) >= 11 is 0. The quantitative estimate of drug-likeness (QED) is 0.530. The van der Waals surface area contributed by atoms with Crippen molar-refractivity contribution in [3.63, 3.8) is 0 Å². The Balaban J connectivity index is 1.65. The fraction of sp³-hybridized carbons (Fsp3) is 0.636. The second-order valence-corrected chi connectivity index (χ2v) is 4.48. The van der Waals surface area contributed by atoms with Gasteiger partial charge in [-0.3, -0.25) is 14.5 Å². The molecule has 1 saturated carbocycles. The number of imide groups is 1. The lowest BCUT2D eigenvalue weighted by Gasteiger charge is -2.14. The number of carbonyl (C=O) groups is 2. The van der Waals surface area contributed by atoms with Gasteiger partial charge < -0.3 is 5.73 Å². The first-order valence-electron chi connectivity index (χ1n) is 5.43. The van der Waals surface area contributed by atoms with Crippen molar-refractivity contribution in [1.82, 2.24) is 4.90 Å². The van der Waals surface area contributed by atoms with E-state index in [9.17, 15) is 9.59 Å². The molecule has 0 radical (unpaired) electrons. The first-order valence-corrected chi connectivity index (χ1v) is 5.43. The highest BCUT2D eigenvalue weighted by Crippen LogP contribution is 2.36. The molecule has 15 heavy (non-hydrogen) atoms. The second-order valence-electron chi connectivity index (χ2n) is 4.48. The summed E-state index contributed by atoms with van der Waals surface area (Å²) in [6, 6.07) is 0. The van der Waals surface area contributed by atoms with E-state index in [0.717, 1.165) is 32.1 Å². The van der Waals surface area contributed by atoms with Crippen molar-refractivity contribution in [1.29, 1.82) is 0 Å². The Bertz CT molecular complexity index is 301. The van der Waals surface area contributed by atoms with Crippen LogP contribution in [0.5, 0.6) is 0 Å². The Morgan fingerprint density at radius 3 is 2.33 bits per heavy atom. The van der Waals surface area contributed by atoms with Crippen LogP contribution in [0.4, 0.5) is 0 Å². The van der Waals surface area contributed by atoms with Gasteiger partial charge in [0.15, 0.2) is 0 Å². The molecule has 0 saturated heterocycles. The molecule has 0 aromatic carbocycles. The van der Waals surface area contributed by atoms with E-state index in [0.29, 0.717) is 6.54 Å². The molecule has 0 aromatic rings. The van der Waals surface area contributed by atoms with Gasteiger partial charge in [0.1, 0.15) is 0 Å². The van der Waals surface area contributed by atoms with E-state index in [1.54, 1.807) is 0 Å². The summed E-state index contributed by atoms with van der Waals surface area (Å²) < 4.78 is 0. The molecule has 1 fully saturated rings. The molecule has 2 rings (SSSR count). The van der Waals surface area contributed by atoms with Crippen LogP contribution in [0.1, 0.15) is 32.1 Å². The topological polar surface area (TPSA) is 63.4 Å². The lowest BCUT2D eigenvalue weighted by molar-refractivity contribution is -0.136. The van der Waals surface area contributed by atoms with E-state index in [1.165, 1.54) is 17.1 Å². The Morgan fingerprint density at radius 1 is 1.20 bits per heavy atom.